The molecule has 134 valence electrons. The summed E-state index contributed by atoms with van der Waals surface area (Å²) >= 11 is 4.49. The number of halogens is 3. The zero-order valence-corrected chi connectivity index (χ0v) is 16.4. The van der Waals surface area contributed by atoms with Gasteiger partial charge in [0.25, 0.3) is 0 Å². The van der Waals surface area contributed by atoms with Gasteiger partial charge in [-0.2, -0.15) is 0 Å². The number of hydrogen-bond donors (Lipinski definition) is 0. The van der Waals surface area contributed by atoms with E-state index in [2.05, 4.69) is 37.7 Å². The summed E-state index contributed by atoms with van der Waals surface area (Å²) in [6.07, 6.45) is -4.34. The molecule has 0 spiro atoms. The van der Waals surface area contributed by atoms with Crippen LogP contribution in [-0.2, 0) is 12.7 Å². The van der Waals surface area contributed by atoms with E-state index in [0.717, 1.165) is 22.8 Å². The number of aryl methyl sites for hydroxylation is 1. The Bertz CT molecular complexity index is 916. The Kier molecular flexibility index (Phi) is 5.61. The van der Waals surface area contributed by atoms with Crippen LogP contribution in [0.5, 0.6) is 0 Å². The van der Waals surface area contributed by atoms with Gasteiger partial charge < -0.3 is 0 Å². The third-order valence-electron chi connectivity index (χ3n) is 3.80. The van der Waals surface area contributed by atoms with Crippen LogP contribution in [0.1, 0.15) is 21.8 Å². The molecule has 26 heavy (non-hydrogen) atoms. The topological polar surface area (TPSA) is 16.2 Å². The quantitative estimate of drug-likeness (QED) is 0.320. The molecule has 1 aromatic heterocycles. The molecule has 3 rings (SSSR count). The average molecular weight is 439 g/mol. The molecule has 0 radical (unpaired) electrons. The van der Waals surface area contributed by atoms with Crippen LogP contribution in [0.25, 0.3) is 0 Å². The van der Waals surface area contributed by atoms with Gasteiger partial charge in [-0.15, -0.1) is 0 Å². The third-order valence-corrected chi connectivity index (χ3v) is 5.79. The minimum atomic E-state index is -4.34. The Balaban J connectivity index is 1.88. The van der Waals surface area contributed by atoms with Gasteiger partial charge in [0.15, 0.2) is 0 Å². The molecule has 3 aromatic rings. The van der Waals surface area contributed by atoms with E-state index in [-0.39, 0.29) is 0 Å². The summed E-state index contributed by atoms with van der Waals surface area (Å²) in [6, 6.07) is 14.9. The Hall–Kier alpha value is -1.95. The fourth-order valence-electron chi connectivity index (χ4n) is 2.45. The molecule has 0 aliphatic rings. The minimum absolute atomic E-state index is 0.476. The summed E-state index contributed by atoms with van der Waals surface area (Å²) in [5.41, 5.74) is 2.07. The van der Waals surface area contributed by atoms with Crippen LogP contribution in [0.3, 0.4) is 0 Å². The molecule has 1 heterocycles. The number of nitrogens with zero attached hydrogens (tertiary/aromatic N) is 2. The second kappa shape index (κ2) is 7.74. The first kappa shape index (κ1) is 18.8. The van der Waals surface area contributed by atoms with Crippen LogP contribution in [-0.4, -0.2) is 20.6 Å². The normalized spacial score (nSPS) is 12.4. The first-order chi connectivity index (χ1) is 12.3. The third kappa shape index (κ3) is 4.41. The molecule has 0 saturated heterocycles. The Morgan fingerprint density at radius 3 is 2.35 bits per heavy atom. The van der Waals surface area contributed by atoms with Crippen molar-refractivity contribution in [1.29, 1.82) is 0 Å². The predicted molar refractivity (Wildman–Crippen MR) is 98.2 cm³/mol. The molecular formula is C19H15F3N2SSe. The van der Waals surface area contributed by atoms with Crippen LogP contribution in [0, 0.1) is 6.92 Å². The van der Waals surface area contributed by atoms with E-state index in [9.17, 15) is 13.2 Å². The van der Waals surface area contributed by atoms with Crippen LogP contribution in [0.2, 0.25) is 0 Å². The first-order valence-corrected chi connectivity index (χ1v) is 9.53. The average Bonchev–Trinajstić information content (AvgIpc) is 2.96. The van der Waals surface area contributed by atoms with Crippen molar-refractivity contribution in [2.45, 2.75) is 19.6 Å². The van der Waals surface area contributed by atoms with E-state index in [1.807, 2.05) is 30.5 Å². The molecule has 0 aliphatic heterocycles. The second-order valence-electron chi connectivity index (χ2n) is 5.72. The van der Waals surface area contributed by atoms with Gasteiger partial charge in [-0.25, -0.2) is 0 Å². The number of aliphatic imine (C=N–C) groups is 1. The second-order valence-corrected chi connectivity index (χ2v) is 7.38. The van der Waals surface area contributed by atoms with Crippen molar-refractivity contribution in [3.05, 3.63) is 81.8 Å². The molecule has 0 amide bonds. The summed E-state index contributed by atoms with van der Waals surface area (Å²) in [5, 5.41) is 2.98. The van der Waals surface area contributed by atoms with Gasteiger partial charge in [-0.3, -0.25) is 0 Å². The van der Waals surface area contributed by atoms with Crippen LogP contribution < -0.4 is 4.57 Å². The van der Waals surface area contributed by atoms with Gasteiger partial charge in [-0.05, 0) is 0 Å². The monoisotopic (exact) mass is 440 g/mol. The Morgan fingerprint density at radius 1 is 1.08 bits per heavy atom. The fraction of sp³-hybridized carbons (Fsp3) is 0.158. The predicted octanol–water partition coefficient (Wildman–Crippen LogP) is 4.66. The molecular weight excluding hydrogens is 424 g/mol. The van der Waals surface area contributed by atoms with E-state index < -0.39 is 11.7 Å². The number of thiazole rings is 1. The van der Waals surface area contributed by atoms with Gasteiger partial charge in [0, 0.05) is 0 Å². The SMILES string of the molecule is Cc1csc(C([Se-])=Nc2ccc(C(F)(F)F)cc2)[n+]1Cc1ccccc1. The van der Waals surface area contributed by atoms with Crippen molar-refractivity contribution in [2.24, 2.45) is 4.99 Å². The number of alkyl halides is 3. The van der Waals surface area contributed by atoms with Crippen molar-refractivity contribution in [2.75, 3.05) is 0 Å². The maximum absolute atomic E-state index is 12.7. The van der Waals surface area contributed by atoms with E-state index in [0.29, 0.717) is 16.8 Å². The van der Waals surface area contributed by atoms with E-state index in [1.54, 1.807) is 11.3 Å². The molecule has 0 fully saturated rings. The number of aromatic nitrogens is 1. The van der Waals surface area contributed by atoms with Crippen molar-refractivity contribution in [3.8, 4) is 0 Å². The van der Waals surface area contributed by atoms with Crippen LogP contribution >= 0.6 is 11.3 Å². The molecule has 7 heteroatoms. The number of rotatable bonds is 4. The van der Waals surface area contributed by atoms with Gasteiger partial charge in [-0.1, -0.05) is 0 Å². The summed E-state index contributed by atoms with van der Waals surface area (Å²) in [6.45, 7) is 2.73. The van der Waals surface area contributed by atoms with E-state index in [4.69, 9.17) is 0 Å². The van der Waals surface area contributed by atoms with E-state index in [1.165, 1.54) is 17.7 Å². The molecule has 0 unspecified atom stereocenters. The zero-order valence-electron chi connectivity index (χ0n) is 13.8. The number of hydrogen-bond acceptors (Lipinski definition) is 2. The zero-order chi connectivity index (χ0) is 18.7. The molecule has 0 N–H and O–H groups in total. The molecule has 0 bridgehead atoms. The summed E-state index contributed by atoms with van der Waals surface area (Å²) in [7, 11) is 0. The first-order valence-electron chi connectivity index (χ1n) is 7.80. The Morgan fingerprint density at radius 2 is 1.73 bits per heavy atom. The van der Waals surface area contributed by atoms with Gasteiger partial charge in [0.05, 0.1) is 0 Å². The molecule has 2 aromatic carbocycles. The summed E-state index contributed by atoms with van der Waals surface area (Å²) in [4.78, 5) is 4.45. The fourth-order valence-corrected chi connectivity index (χ4v) is 4.09. The molecule has 0 atom stereocenters. The molecule has 2 nitrogen and oxygen atoms in total. The molecule has 0 aliphatic carbocycles. The van der Waals surface area contributed by atoms with Crippen molar-refractivity contribution in [1.82, 2.24) is 0 Å². The molecule has 0 saturated carbocycles. The van der Waals surface area contributed by atoms with Crippen LogP contribution in [0.4, 0.5) is 18.9 Å². The van der Waals surface area contributed by atoms with Gasteiger partial charge in [0.2, 0.25) is 0 Å². The van der Waals surface area contributed by atoms with Crippen molar-refractivity contribution in [3.63, 3.8) is 0 Å². The van der Waals surface area contributed by atoms with Gasteiger partial charge in [0.1, 0.15) is 0 Å². The summed E-state index contributed by atoms with van der Waals surface area (Å²) < 4.78 is 40.8. The Labute approximate surface area is 161 Å². The van der Waals surface area contributed by atoms with Crippen molar-refractivity contribution < 1.29 is 17.7 Å². The standard InChI is InChI=1S/C19H15F3N2SSe/c1-13-12-25-18(24(13)11-14-5-3-2-4-6-14)17(26)23-16-9-7-15(8-10-16)19(20,21)22/h2-10,12H,11H2,1H3. The van der Waals surface area contributed by atoms with Crippen LogP contribution in [0.15, 0.2) is 65.0 Å². The maximum atomic E-state index is 12.7. The van der Waals surface area contributed by atoms with Crippen molar-refractivity contribution >= 4 is 37.6 Å². The number of benzene rings is 2. The van der Waals surface area contributed by atoms with Gasteiger partial charge >= 0.3 is 162 Å². The summed E-state index contributed by atoms with van der Waals surface area (Å²) in [5.74, 6) is 0. The van der Waals surface area contributed by atoms with E-state index >= 15 is 0 Å².